The van der Waals surface area contributed by atoms with E-state index in [-0.39, 0.29) is 12.2 Å². The van der Waals surface area contributed by atoms with Crippen molar-refractivity contribution in [3.8, 4) is 0 Å². The molecular weight excluding hydrogens is 166 g/mol. The highest BCUT2D eigenvalue weighted by Gasteiger charge is 2.37. The fraction of sp³-hybridized carbons (Fsp3) is 1.00. The Morgan fingerprint density at radius 2 is 2.09 bits per heavy atom. The predicted molar refractivity (Wildman–Crippen MR) is 41.5 cm³/mol. The van der Waals surface area contributed by atoms with Gasteiger partial charge in [0, 0.05) is 0 Å². The third-order valence-electron chi connectivity index (χ3n) is 1.84. The Bertz CT molecular complexity index is 245. The number of rotatable bonds is 1. The standard InChI is InChI=1S/C6H13NO3S/c1-6(2)3-5(4-10-6)11(7,8)9/h5H,3-4H2,1-2H3,(H2,7,8,9)/t5-/m1/s1. The number of hydrogen-bond donors (Lipinski definition) is 1. The first-order chi connectivity index (χ1) is 4.81. The first kappa shape index (κ1) is 8.96. The van der Waals surface area contributed by atoms with E-state index in [1.807, 2.05) is 13.8 Å². The Labute approximate surface area is 66.8 Å². The van der Waals surface area contributed by atoms with E-state index in [2.05, 4.69) is 0 Å². The summed E-state index contributed by atoms with van der Waals surface area (Å²) >= 11 is 0. The third kappa shape index (κ3) is 2.15. The zero-order chi connectivity index (χ0) is 8.70. The molecule has 66 valence electrons. The normalized spacial score (nSPS) is 30.6. The zero-order valence-electron chi connectivity index (χ0n) is 6.70. The van der Waals surface area contributed by atoms with Crippen molar-refractivity contribution in [2.24, 2.45) is 5.14 Å². The number of hydrogen-bond acceptors (Lipinski definition) is 3. The van der Waals surface area contributed by atoms with Crippen LogP contribution in [0.15, 0.2) is 0 Å². The second-order valence-electron chi connectivity index (χ2n) is 3.49. The molecule has 0 saturated carbocycles. The van der Waals surface area contributed by atoms with E-state index in [9.17, 15) is 8.42 Å². The van der Waals surface area contributed by atoms with E-state index in [0.717, 1.165) is 0 Å². The molecule has 2 N–H and O–H groups in total. The summed E-state index contributed by atoms with van der Waals surface area (Å²) in [5, 5.41) is 4.44. The quantitative estimate of drug-likeness (QED) is 0.608. The van der Waals surface area contributed by atoms with E-state index < -0.39 is 15.3 Å². The van der Waals surface area contributed by atoms with Crippen LogP contribution in [-0.4, -0.2) is 25.9 Å². The van der Waals surface area contributed by atoms with E-state index >= 15 is 0 Å². The fourth-order valence-corrected chi connectivity index (χ4v) is 2.09. The highest BCUT2D eigenvalue weighted by molar-refractivity contribution is 7.89. The van der Waals surface area contributed by atoms with Crippen LogP contribution in [0.1, 0.15) is 20.3 Å². The van der Waals surface area contributed by atoms with Crippen LogP contribution in [0.25, 0.3) is 0 Å². The molecule has 1 rings (SSSR count). The van der Waals surface area contributed by atoms with Gasteiger partial charge in [0.1, 0.15) is 5.25 Å². The molecule has 1 heterocycles. The fourth-order valence-electron chi connectivity index (χ4n) is 1.20. The molecule has 11 heavy (non-hydrogen) atoms. The minimum atomic E-state index is -3.40. The van der Waals surface area contributed by atoms with Gasteiger partial charge in [0.05, 0.1) is 12.2 Å². The summed E-state index contributed by atoms with van der Waals surface area (Å²) in [4.78, 5) is 0. The van der Waals surface area contributed by atoms with Crippen molar-refractivity contribution >= 4 is 10.0 Å². The molecule has 1 aliphatic rings. The minimum Gasteiger partial charge on any atom is -0.374 e. The lowest BCUT2D eigenvalue weighted by Crippen LogP contribution is -2.29. The van der Waals surface area contributed by atoms with Crippen molar-refractivity contribution in [1.82, 2.24) is 0 Å². The number of primary sulfonamides is 1. The topological polar surface area (TPSA) is 69.4 Å². The molecule has 5 heteroatoms. The Balaban J connectivity index is 2.71. The lowest BCUT2D eigenvalue weighted by atomic mass is 10.1. The van der Waals surface area contributed by atoms with Crippen LogP contribution in [0, 0.1) is 0 Å². The van der Waals surface area contributed by atoms with Gasteiger partial charge in [-0.3, -0.25) is 0 Å². The van der Waals surface area contributed by atoms with Gasteiger partial charge in [-0.25, -0.2) is 13.6 Å². The summed E-state index contributed by atoms with van der Waals surface area (Å²) in [6.45, 7) is 3.95. The van der Waals surface area contributed by atoms with Gasteiger partial charge in [0.25, 0.3) is 0 Å². The maximum Gasteiger partial charge on any atom is 0.214 e. The molecule has 0 aromatic rings. The van der Waals surface area contributed by atoms with Gasteiger partial charge in [-0.1, -0.05) is 0 Å². The molecule has 0 unspecified atom stereocenters. The molecular formula is C6H13NO3S. The summed E-state index contributed by atoms with van der Waals surface area (Å²) in [6.07, 6.45) is 0.492. The number of sulfonamides is 1. The Hall–Kier alpha value is -0.130. The van der Waals surface area contributed by atoms with Gasteiger partial charge in [0.15, 0.2) is 0 Å². The smallest absolute Gasteiger partial charge is 0.214 e. The molecule has 1 saturated heterocycles. The monoisotopic (exact) mass is 179 g/mol. The molecule has 0 radical (unpaired) electrons. The van der Waals surface area contributed by atoms with Crippen molar-refractivity contribution in [3.63, 3.8) is 0 Å². The average Bonchev–Trinajstić information content (AvgIpc) is 2.07. The highest BCUT2D eigenvalue weighted by Crippen LogP contribution is 2.27. The third-order valence-corrected chi connectivity index (χ3v) is 3.08. The molecule has 1 fully saturated rings. The zero-order valence-corrected chi connectivity index (χ0v) is 7.52. The Kier molecular flexibility index (Phi) is 1.98. The van der Waals surface area contributed by atoms with Crippen LogP contribution < -0.4 is 5.14 Å². The minimum absolute atomic E-state index is 0.228. The van der Waals surface area contributed by atoms with Crippen molar-refractivity contribution in [2.75, 3.05) is 6.61 Å². The molecule has 0 spiro atoms. The predicted octanol–water partition coefficient (Wildman–Crippen LogP) is -0.158. The lowest BCUT2D eigenvalue weighted by Gasteiger charge is -2.14. The summed E-state index contributed by atoms with van der Waals surface area (Å²) in [5.41, 5.74) is -0.336. The van der Waals surface area contributed by atoms with Gasteiger partial charge >= 0.3 is 0 Å². The summed E-state index contributed by atoms with van der Waals surface area (Å²) < 4.78 is 26.9. The summed E-state index contributed by atoms with van der Waals surface area (Å²) in [7, 11) is -3.40. The summed E-state index contributed by atoms with van der Waals surface area (Å²) in [5.74, 6) is 0. The van der Waals surface area contributed by atoms with E-state index in [0.29, 0.717) is 6.42 Å². The van der Waals surface area contributed by atoms with Crippen LogP contribution in [0.5, 0.6) is 0 Å². The van der Waals surface area contributed by atoms with Crippen LogP contribution in [0.3, 0.4) is 0 Å². The SMILES string of the molecule is CC1(C)C[C@@H](S(N)(=O)=O)CO1. The number of ether oxygens (including phenoxy) is 1. The Morgan fingerprint density at radius 1 is 1.55 bits per heavy atom. The lowest BCUT2D eigenvalue weighted by molar-refractivity contribution is 0.0368. The van der Waals surface area contributed by atoms with Crippen LogP contribution in [0.2, 0.25) is 0 Å². The second-order valence-corrected chi connectivity index (χ2v) is 5.33. The van der Waals surface area contributed by atoms with Crippen molar-refractivity contribution < 1.29 is 13.2 Å². The molecule has 0 amide bonds. The molecule has 0 aromatic heterocycles. The van der Waals surface area contributed by atoms with Crippen LogP contribution in [0.4, 0.5) is 0 Å². The second kappa shape index (κ2) is 2.43. The molecule has 0 aliphatic carbocycles. The molecule has 0 bridgehead atoms. The maximum atomic E-state index is 10.8. The van der Waals surface area contributed by atoms with Gasteiger partial charge in [-0.05, 0) is 20.3 Å². The van der Waals surface area contributed by atoms with Crippen molar-refractivity contribution in [2.45, 2.75) is 31.1 Å². The van der Waals surface area contributed by atoms with E-state index in [1.54, 1.807) is 0 Å². The number of nitrogens with two attached hydrogens (primary N) is 1. The van der Waals surface area contributed by atoms with Gasteiger partial charge in [-0.15, -0.1) is 0 Å². The van der Waals surface area contributed by atoms with E-state index in [1.165, 1.54) is 0 Å². The largest absolute Gasteiger partial charge is 0.374 e. The van der Waals surface area contributed by atoms with Crippen molar-refractivity contribution in [1.29, 1.82) is 0 Å². The van der Waals surface area contributed by atoms with Gasteiger partial charge in [0.2, 0.25) is 10.0 Å². The van der Waals surface area contributed by atoms with Gasteiger partial charge in [-0.2, -0.15) is 0 Å². The molecule has 0 aromatic carbocycles. The highest BCUT2D eigenvalue weighted by atomic mass is 32.2. The molecule has 4 nitrogen and oxygen atoms in total. The van der Waals surface area contributed by atoms with Crippen LogP contribution in [-0.2, 0) is 14.8 Å². The molecule has 1 atom stereocenters. The van der Waals surface area contributed by atoms with E-state index in [4.69, 9.17) is 9.88 Å². The van der Waals surface area contributed by atoms with Crippen LogP contribution >= 0.6 is 0 Å². The molecule has 1 aliphatic heterocycles. The summed E-state index contributed by atoms with van der Waals surface area (Å²) in [6, 6.07) is 0. The average molecular weight is 179 g/mol. The Morgan fingerprint density at radius 3 is 2.27 bits per heavy atom. The first-order valence-corrected chi connectivity index (χ1v) is 5.08. The first-order valence-electron chi connectivity index (χ1n) is 3.47. The maximum absolute atomic E-state index is 10.8. The van der Waals surface area contributed by atoms with Gasteiger partial charge < -0.3 is 4.74 Å². The van der Waals surface area contributed by atoms with Crippen molar-refractivity contribution in [3.05, 3.63) is 0 Å².